The predicted octanol–water partition coefficient (Wildman–Crippen LogP) is 2.40. The molecule has 112 valence electrons. The van der Waals surface area contributed by atoms with Crippen molar-refractivity contribution >= 4 is 0 Å². The summed E-state index contributed by atoms with van der Waals surface area (Å²) >= 11 is 0. The zero-order valence-electron chi connectivity index (χ0n) is 12.6. The highest BCUT2D eigenvalue weighted by molar-refractivity contribution is 5.14. The fourth-order valence-corrected chi connectivity index (χ4v) is 2.95. The molecule has 2 N–H and O–H groups in total. The van der Waals surface area contributed by atoms with Crippen molar-refractivity contribution in [2.24, 2.45) is 0 Å². The Hall–Kier alpha value is -0.900. The minimum absolute atomic E-state index is 0.190. The smallest absolute Gasteiger partial charge is 0.0664 e. The lowest BCUT2D eigenvalue weighted by Gasteiger charge is -2.33. The molecule has 1 fully saturated rings. The fourth-order valence-electron chi connectivity index (χ4n) is 2.95. The van der Waals surface area contributed by atoms with Gasteiger partial charge in [0.15, 0.2) is 0 Å². The topological polar surface area (TPSA) is 35.5 Å². The molecule has 0 aliphatic carbocycles. The monoisotopic (exact) mass is 276 g/mol. The molecule has 0 spiro atoms. The van der Waals surface area contributed by atoms with Gasteiger partial charge in [0, 0.05) is 25.7 Å². The molecule has 3 nitrogen and oxygen atoms in total. The standard InChI is InChI=1S/C17H28N2O/c1-2-7-17(20)12-18-16-10-6-11-19(14-16)13-15-8-4-3-5-9-15/h3-5,8-9,16-18,20H,2,6-7,10-14H2,1H3. The van der Waals surface area contributed by atoms with Gasteiger partial charge in [-0.15, -0.1) is 0 Å². The van der Waals surface area contributed by atoms with Gasteiger partial charge in [-0.25, -0.2) is 0 Å². The van der Waals surface area contributed by atoms with Gasteiger partial charge in [0.2, 0.25) is 0 Å². The molecule has 0 saturated carbocycles. The third kappa shape index (κ3) is 5.23. The van der Waals surface area contributed by atoms with E-state index >= 15 is 0 Å². The summed E-state index contributed by atoms with van der Waals surface area (Å²) in [4.78, 5) is 2.52. The van der Waals surface area contributed by atoms with E-state index in [2.05, 4.69) is 47.5 Å². The van der Waals surface area contributed by atoms with Gasteiger partial charge in [-0.2, -0.15) is 0 Å². The molecule has 2 atom stereocenters. The second-order valence-corrected chi connectivity index (χ2v) is 5.91. The molecule has 0 radical (unpaired) electrons. The summed E-state index contributed by atoms with van der Waals surface area (Å²) in [5.74, 6) is 0. The lowest BCUT2D eigenvalue weighted by atomic mass is 10.0. The molecule has 1 aliphatic heterocycles. The lowest BCUT2D eigenvalue weighted by Crippen LogP contribution is -2.47. The summed E-state index contributed by atoms with van der Waals surface area (Å²) in [5.41, 5.74) is 1.39. The van der Waals surface area contributed by atoms with Crippen LogP contribution in [0.25, 0.3) is 0 Å². The molecule has 0 aromatic heterocycles. The van der Waals surface area contributed by atoms with E-state index in [-0.39, 0.29) is 6.10 Å². The summed E-state index contributed by atoms with van der Waals surface area (Å²) < 4.78 is 0. The van der Waals surface area contributed by atoms with Crippen molar-refractivity contribution in [3.05, 3.63) is 35.9 Å². The van der Waals surface area contributed by atoms with Crippen LogP contribution in [0.1, 0.15) is 38.2 Å². The van der Waals surface area contributed by atoms with Gasteiger partial charge in [-0.3, -0.25) is 4.90 Å². The van der Waals surface area contributed by atoms with Crippen molar-refractivity contribution in [3.63, 3.8) is 0 Å². The number of hydrogen-bond acceptors (Lipinski definition) is 3. The van der Waals surface area contributed by atoms with Crippen molar-refractivity contribution in [2.75, 3.05) is 19.6 Å². The molecular weight excluding hydrogens is 248 g/mol. The van der Waals surface area contributed by atoms with Gasteiger partial charge in [0.05, 0.1) is 6.10 Å². The van der Waals surface area contributed by atoms with Gasteiger partial charge in [-0.1, -0.05) is 43.7 Å². The maximum Gasteiger partial charge on any atom is 0.0664 e. The Kier molecular flexibility index (Phi) is 6.51. The molecule has 20 heavy (non-hydrogen) atoms. The lowest BCUT2D eigenvalue weighted by molar-refractivity contribution is 0.136. The van der Waals surface area contributed by atoms with E-state index in [0.717, 1.165) is 32.5 Å². The van der Waals surface area contributed by atoms with Crippen molar-refractivity contribution < 1.29 is 5.11 Å². The number of benzene rings is 1. The zero-order valence-corrected chi connectivity index (χ0v) is 12.6. The van der Waals surface area contributed by atoms with E-state index in [1.807, 2.05) is 0 Å². The van der Waals surface area contributed by atoms with Gasteiger partial charge in [0.25, 0.3) is 0 Å². The van der Waals surface area contributed by atoms with E-state index in [1.165, 1.54) is 24.9 Å². The second-order valence-electron chi connectivity index (χ2n) is 5.91. The first-order chi connectivity index (χ1) is 9.78. The van der Waals surface area contributed by atoms with Crippen LogP contribution in [0.15, 0.2) is 30.3 Å². The molecule has 1 heterocycles. The minimum Gasteiger partial charge on any atom is -0.392 e. The van der Waals surface area contributed by atoms with E-state index in [4.69, 9.17) is 0 Å². The first kappa shape index (κ1) is 15.5. The molecule has 2 unspecified atom stereocenters. The highest BCUT2D eigenvalue weighted by Crippen LogP contribution is 2.13. The number of likely N-dealkylation sites (tertiary alicyclic amines) is 1. The Morgan fingerprint density at radius 1 is 1.35 bits per heavy atom. The number of rotatable bonds is 7. The molecule has 1 aromatic rings. The average Bonchev–Trinajstić information content (AvgIpc) is 2.47. The van der Waals surface area contributed by atoms with Gasteiger partial charge in [0.1, 0.15) is 0 Å². The molecular formula is C17H28N2O. The van der Waals surface area contributed by atoms with E-state index in [0.29, 0.717) is 6.04 Å². The zero-order chi connectivity index (χ0) is 14.2. The Labute approximate surface area is 123 Å². The third-order valence-electron chi connectivity index (χ3n) is 4.02. The van der Waals surface area contributed by atoms with Crippen molar-refractivity contribution in [1.29, 1.82) is 0 Å². The highest BCUT2D eigenvalue weighted by atomic mass is 16.3. The molecule has 0 amide bonds. The highest BCUT2D eigenvalue weighted by Gasteiger charge is 2.20. The van der Waals surface area contributed by atoms with Crippen molar-refractivity contribution in [3.8, 4) is 0 Å². The number of hydrogen-bond donors (Lipinski definition) is 2. The summed E-state index contributed by atoms with van der Waals surface area (Å²) in [6.45, 7) is 6.16. The van der Waals surface area contributed by atoms with Crippen molar-refractivity contribution in [2.45, 2.75) is 51.3 Å². The van der Waals surface area contributed by atoms with Crippen LogP contribution in [0.4, 0.5) is 0 Å². The van der Waals surface area contributed by atoms with Crippen LogP contribution < -0.4 is 5.32 Å². The first-order valence-electron chi connectivity index (χ1n) is 7.95. The summed E-state index contributed by atoms with van der Waals surface area (Å²) in [6.07, 6.45) is 4.23. The predicted molar refractivity (Wildman–Crippen MR) is 83.7 cm³/mol. The number of piperidine rings is 1. The SMILES string of the molecule is CCCC(O)CNC1CCCN(Cc2ccccc2)C1. The maximum absolute atomic E-state index is 9.80. The van der Waals surface area contributed by atoms with Gasteiger partial charge < -0.3 is 10.4 Å². The molecule has 1 aromatic carbocycles. The van der Waals surface area contributed by atoms with Crippen LogP contribution in [-0.4, -0.2) is 41.8 Å². The molecule has 0 bridgehead atoms. The van der Waals surface area contributed by atoms with Crippen LogP contribution >= 0.6 is 0 Å². The quantitative estimate of drug-likeness (QED) is 0.803. The number of aliphatic hydroxyl groups is 1. The Morgan fingerprint density at radius 3 is 2.90 bits per heavy atom. The molecule has 2 rings (SSSR count). The fraction of sp³-hybridized carbons (Fsp3) is 0.647. The normalized spacial score (nSPS) is 21.8. The third-order valence-corrected chi connectivity index (χ3v) is 4.02. The first-order valence-corrected chi connectivity index (χ1v) is 7.95. The summed E-state index contributed by atoms with van der Waals surface area (Å²) in [6, 6.07) is 11.2. The molecule has 1 aliphatic rings. The van der Waals surface area contributed by atoms with Crippen LogP contribution in [0.3, 0.4) is 0 Å². The molecule has 3 heteroatoms. The van der Waals surface area contributed by atoms with Gasteiger partial charge >= 0.3 is 0 Å². The summed E-state index contributed by atoms with van der Waals surface area (Å²) in [5, 5.41) is 13.3. The Bertz CT molecular complexity index is 369. The van der Waals surface area contributed by atoms with Gasteiger partial charge in [-0.05, 0) is 31.4 Å². The molecule has 1 saturated heterocycles. The minimum atomic E-state index is -0.190. The van der Waals surface area contributed by atoms with Crippen LogP contribution in [-0.2, 0) is 6.54 Å². The second kappa shape index (κ2) is 8.40. The van der Waals surface area contributed by atoms with Crippen molar-refractivity contribution in [1.82, 2.24) is 10.2 Å². The van der Waals surface area contributed by atoms with Crippen LogP contribution in [0.5, 0.6) is 0 Å². The number of nitrogens with zero attached hydrogens (tertiary/aromatic N) is 1. The number of aliphatic hydroxyl groups excluding tert-OH is 1. The van der Waals surface area contributed by atoms with E-state index < -0.39 is 0 Å². The van der Waals surface area contributed by atoms with Crippen LogP contribution in [0.2, 0.25) is 0 Å². The maximum atomic E-state index is 9.80. The van der Waals surface area contributed by atoms with Crippen LogP contribution in [0, 0.1) is 0 Å². The Balaban J connectivity index is 1.74. The average molecular weight is 276 g/mol. The largest absolute Gasteiger partial charge is 0.392 e. The van der Waals surface area contributed by atoms with E-state index in [9.17, 15) is 5.11 Å². The summed E-state index contributed by atoms with van der Waals surface area (Å²) in [7, 11) is 0. The number of nitrogens with one attached hydrogen (secondary N) is 1. The Morgan fingerprint density at radius 2 is 2.15 bits per heavy atom. The van der Waals surface area contributed by atoms with E-state index in [1.54, 1.807) is 0 Å².